The Kier molecular flexibility index (Phi) is 32.1. The molecule has 0 fully saturated rings. The topological polar surface area (TPSA) is 126 Å². The molecule has 0 atom stereocenters. The fraction of sp³-hybridized carbons (Fsp3) is 0.957. The summed E-state index contributed by atoms with van der Waals surface area (Å²) >= 11 is 0. The summed E-state index contributed by atoms with van der Waals surface area (Å²) in [6, 6.07) is 5.85. The Morgan fingerprint density at radius 1 is 0.275 bits per heavy atom. The highest BCUT2D eigenvalue weighted by Crippen LogP contribution is 2.32. The molecule has 0 saturated carbocycles. The second-order valence-electron chi connectivity index (χ2n) is 26.2. The number of carbonyl (C=O) groups is 2. The predicted molar refractivity (Wildman–Crippen MR) is 316 cm³/mol. The normalized spacial score (nSPS) is 14.1. The number of hydrogen-bond acceptors (Lipinski definition) is 12. The zero-order chi connectivity index (χ0) is 53.5. The van der Waals surface area contributed by atoms with Crippen LogP contribution in [0.1, 0.15) is 70.6 Å². The quantitative estimate of drug-likeness (QED) is 0.0328. The van der Waals surface area contributed by atoms with Crippen molar-refractivity contribution in [1.82, 2.24) is 0 Å². The molecule has 0 saturated heterocycles. The van der Waals surface area contributed by atoms with E-state index >= 15 is 0 Å². The fourth-order valence-electron chi connectivity index (χ4n) is 8.30. The van der Waals surface area contributed by atoms with E-state index in [2.05, 4.69) is 144 Å². The highest BCUT2D eigenvalue weighted by Gasteiger charge is 2.44. The smallest absolute Gasteiger partial charge is 0.314 e. The molecule has 0 rings (SSSR count). The molecule has 0 radical (unpaired) electrons. The van der Waals surface area contributed by atoms with Crippen LogP contribution >= 0.6 is 0 Å². The average molecular weight is 1150 g/mol. The molecule has 0 heterocycles. The van der Waals surface area contributed by atoms with E-state index in [4.69, 9.17) is 43.6 Å². The van der Waals surface area contributed by atoms with Gasteiger partial charge in [-0.3, -0.25) is 9.59 Å². The van der Waals surface area contributed by atoms with E-state index in [1.807, 2.05) is 0 Å². The molecule has 412 valence electrons. The SMILES string of the molecule is C[Si](C)(C)OCCC[Si](C)(C)O[Si](C)(CCCCC(=O)OCCCOC(=O)CCCC[Si](C)(O[Si](C)(C)CCCO[Si](C)(C)C)O[Si](C)(C)CCCO[Si](C)(C)C)O[Si](C)(C)CCCO[Si](C)(C)C. The van der Waals surface area contributed by atoms with Gasteiger partial charge in [-0.1, -0.05) is 12.8 Å². The van der Waals surface area contributed by atoms with E-state index < -0.39 is 83.7 Å². The third kappa shape index (κ3) is 42.7. The Balaban J connectivity index is 5.10. The maximum absolute atomic E-state index is 12.8. The third-order valence-electron chi connectivity index (χ3n) is 11.1. The number of hydrogen-bond donors (Lipinski definition) is 0. The molecule has 0 aromatic rings. The van der Waals surface area contributed by atoms with E-state index in [0.29, 0.717) is 19.3 Å². The second-order valence-corrected chi connectivity index (χ2v) is 69.1. The van der Waals surface area contributed by atoms with Gasteiger partial charge in [0.2, 0.25) is 0 Å². The lowest BCUT2D eigenvalue weighted by molar-refractivity contribution is -0.146. The van der Waals surface area contributed by atoms with Crippen LogP contribution in [-0.4, -0.2) is 135 Å². The lowest BCUT2D eigenvalue weighted by Crippen LogP contribution is -2.54. The first-order chi connectivity index (χ1) is 31.2. The molecule has 12 nitrogen and oxygen atoms in total. The average Bonchev–Trinajstić information content (AvgIpc) is 3.13. The Morgan fingerprint density at radius 3 is 0.725 bits per heavy atom. The number of ether oxygens (including phenoxy) is 2. The monoisotopic (exact) mass is 1150 g/mol. The molecule has 0 aliphatic carbocycles. The first-order valence-electron chi connectivity index (χ1n) is 26.8. The summed E-state index contributed by atoms with van der Waals surface area (Å²) in [4.78, 5) is 25.6. The molecule has 0 spiro atoms. The first-order valence-corrected chi connectivity index (χ1v) is 58.0. The summed E-state index contributed by atoms with van der Waals surface area (Å²) in [6.45, 7) is 53.5. The molecule has 0 aliphatic rings. The van der Waals surface area contributed by atoms with Gasteiger partial charge in [0.15, 0.2) is 66.5 Å². The summed E-state index contributed by atoms with van der Waals surface area (Å²) in [7, 11) is -19.4. The number of unbranched alkanes of at least 4 members (excludes halogenated alkanes) is 2. The Labute approximate surface area is 436 Å². The van der Waals surface area contributed by atoms with E-state index in [9.17, 15) is 9.59 Å². The molecule has 0 unspecified atom stereocenters. The summed E-state index contributed by atoms with van der Waals surface area (Å²) < 4.78 is 64.4. The summed E-state index contributed by atoms with van der Waals surface area (Å²) in [5.74, 6) is -0.427. The van der Waals surface area contributed by atoms with Crippen LogP contribution in [0.25, 0.3) is 0 Å². The summed E-state index contributed by atoms with van der Waals surface area (Å²) in [5.41, 5.74) is 0. The number of carbonyl (C=O) groups excluding carboxylic acids is 2. The Hall–Kier alpha value is 0.789. The van der Waals surface area contributed by atoms with Crippen molar-refractivity contribution < 1.29 is 53.2 Å². The van der Waals surface area contributed by atoms with Crippen molar-refractivity contribution in [3.8, 4) is 0 Å². The van der Waals surface area contributed by atoms with E-state index in [1.165, 1.54) is 0 Å². The first kappa shape index (κ1) is 69.8. The molecule has 0 bridgehead atoms. The van der Waals surface area contributed by atoms with Gasteiger partial charge in [0.05, 0.1) is 13.2 Å². The molecular formula is C47H112O12Si10. The van der Waals surface area contributed by atoms with Gasteiger partial charge in [0.1, 0.15) is 0 Å². The third-order valence-corrected chi connectivity index (χ3v) is 39.9. The predicted octanol–water partition coefficient (Wildman–Crippen LogP) is 14.8. The largest absolute Gasteiger partial charge is 0.466 e. The van der Waals surface area contributed by atoms with Crippen LogP contribution in [0.5, 0.6) is 0 Å². The molecular weight excluding hydrogens is 1040 g/mol. The number of esters is 2. The van der Waals surface area contributed by atoms with Crippen molar-refractivity contribution in [3.05, 3.63) is 0 Å². The van der Waals surface area contributed by atoms with Gasteiger partial charge in [-0.2, -0.15) is 0 Å². The highest BCUT2D eigenvalue weighted by atomic mass is 28.5. The maximum atomic E-state index is 12.8. The van der Waals surface area contributed by atoms with Gasteiger partial charge in [0.25, 0.3) is 0 Å². The van der Waals surface area contributed by atoms with Crippen LogP contribution in [0.4, 0.5) is 0 Å². The van der Waals surface area contributed by atoms with E-state index in [-0.39, 0.29) is 25.2 Å². The lowest BCUT2D eigenvalue weighted by atomic mass is 10.2. The van der Waals surface area contributed by atoms with Gasteiger partial charge in [-0.15, -0.1) is 0 Å². The second kappa shape index (κ2) is 31.7. The van der Waals surface area contributed by atoms with Crippen molar-refractivity contribution >= 4 is 95.6 Å². The van der Waals surface area contributed by atoms with Crippen LogP contribution in [-0.2, 0) is 53.2 Å². The molecule has 0 N–H and O–H groups in total. The summed E-state index contributed by atoms with van der Waals surface area (Å²) in [5, 5.41) is 0. The molecule has 0 aromatic carbocycles. The molecule has 0 aliphatic heterocycles. The minimum absolute atomic E-state index is 0.213. The van der Waals surface area contributed by atoms with Crippen molar-refractivity contribution in [2.24, 2.45) is 0 Å². The molecule has 22 heteroatoms. The van der Waals surface area contributed by atoms with Crippen molar-refractivity contribution in [3.63, 3.8) is 0 Å². The van der Waals surface area contributed by atoms with Crippen LogP contribution in [0.2, 0.25) is 180 Å². The lowest BCUT2D eigenvalue weighted by Gasteiger charge is -2.41. The van der Waals surface area contributed by atoms with Gasteiger partial charge >= 0.3 is 29.1 Å². The number of rotatable bonds is 42. The minimum Gasteiger partial charge on any atom is -0.466 e. The molecule has 0 aromatic heterocycles. The van der Waals surface area contributed by atoms with Gasteiger partial charge in [-0.25, -0.2) is 0 Å². The van der Waals surface area contributed by atoms with Crippen LogP contribution in [0.15, 0.2) is 0 Å². The summed E-state index contributed by atoms with van der Waals surface area (Å²) in [6.07, 6.45) is 8.35. The van der Waals surface area contributed by atoms with Crippen LogP contribution < -0.4 is 0 Å². The maximum Gasteiger partial charge on any atom is 0.314 e. The van der Waals surface area contributed by atoms with E-state index in [0.717, 1.165) is 114 Å². The van der Waals surface area contributed by atoms with Gasteiger partial charge in [-0.05, 0) is 219 Å². The van der Waals surface area contributed by atoms with Crippen molar-refractivity contribution in [1.29, 1.82) is 0 Å². The van der Waals surface area contributed by atoms with Crippen LogP contribution in [0.3, 0.4) is 0 Å². The Morgan fingerprint density at radius 2 is 0.507 bits per heavy atom. The van der Waals surface area contributed by atoms with Crippen LogP contribution in [0, 0.1) is 0 Å². The van der Waals surface area contributed by atoms with E-state index in [1.54, 1.807) is 0 Å². The minimum atomic E-state index is -2.55. The molecule has 69 heavy (non-hydrogen) atoms. The van der Waals surface area contributed by atoms with Gasteiger partial charge < -0.3 is 43.6 Å². The van der Waals surface area contributed by atoms with Crippen molar-refractivity contribution in [2.45, 2.75) is 251 Å². The standard InChI is InChI=1S/C47H112O12Si10/c1-60(2,3)52-36-28-40-64(13,14)56-68(21,57-65(15,16)41-29-37-53-61(4,5)6)44-25-23-32-46(48)50-34-27-35-51-47(49)33-24-26-45-69(22,58-66(17,18)42-30-38-54-62(7,8)9)59-67(19,20)43-31-39-55-63(10,11)12/h23-45H2,1-22H3. The highest BCUT2D eigenvalue weighted by molar-refractivity contribution is 6.89. The zero-order valence-corrected chi connectivity index (χ0v) is 59.2. The molecule has 0 amide bonds. The fourth-order valence-corrected chi connectivity index (χ4v) is 40.1. The van der Waals surface area contributed by atoms with Gasteiger partial charge in [0, 0.05) is 45.7 Å². The van der Waals surface area contributed by atoms with Crippen molar-refractivity contribution in [2.75, 3.05) is 39.6 Å². The Bertz CT molecular complexity index is 1250. The zero-order valence-electron chi connectivity index (χ0n) is 49.2.